The molecule has 2 aromatic rings. The number of ketones is 1. The van der Waals surface area contributed by atoms with E-state index in [1.807, 2.05) is 12.1 Å². The van der Waals surface area contributed by atoms with Crippen LogP contribution in [0.5, 0.6) is 0 Å². The van der Waals surface area contributed by atoms with Gasteiger partial charge in [-0.2, -0.15) is 13.2 Å². The fourth-order valence-electron chi connectivity index (χ4n) is 2.81. The van der Waals surface area contributed by atoms with E-state index in [0.29, 0.717) is 16.7 Å². The Morgan fingerprint density at radius 1 is 1.00 bits per heavy atom. The molecule has 0 aromatic heterocycles. The molecule has 0 aliphatic heterocycles. The molecule has 0 saturated carbocycles. The summed E-state index contributed by atoms with van der Waals surface area (Å²) in [5.74, 6) is -0.0546. The highest BCUT2D eigenvalue weighted by atomic mass is 28.3. The quantitative estimate of drug-likeness (QED) is 0.440. The number of hydrogen-bond acceptors (Lipinski definition) is 1. The lowest BCUT2D eigenvalue weighted by Gasteiger charge is -2.18. The summed E-state index contributed by atoms with van der Waals surface area (Å²) in [6, 6.07) is 11.7. The number of Topliss-reactive ketones (excluding diaryl/α,β-unsaturated/α-hetero) is 1. The van der Waals surface area contributed by atoms with Crippen molar-refractivity contribution in [1.29, 1.82) is 0 Å². The Morgan fingerprint density at radius 3 is 2.08 bits per heavy atom. The second-order valence-electron chi connectivity index (χ2n) is 7.53. The minimum absolute atomic E-state index is 0.0546. The molecule has 0 unspecified atom stereocenters. The Balaban J connectivity index is 2.45. The van der Waals surface area contributed by atoms with Crippen molar-refractivity contribution in [3.05, 3.63) is 59.2 Å². The van der Waals surface area contributed by atoms with Crippen molar-refractivity contribution in [3.8, 4) is 11.1 Å². The molecule has 5 heteroatoms. The van der Waals surface area contributed by atoms with Crippen molar-refractivity contribution in [1.82, 2.24) is 0 Å². The molecule has 25 heavy (non-hydrogen) atoms. The van der Waals surface area contributed by atoms with Gasteiger partial charge in [0.05, 0.1) is 5.56 Å². The van der Waals surface area contributed by atoms with Crippen molar-refractivity contribution in [2.75, 3.05) is 0 Å². The smallest absolute Gasteiger partial charge is 0.294 e. The predicted molar refractivity (Wildman–Crippen MR) is 98.7 cm³/mol. The van der Waals surface area contributed by atoms with Gasteiger partial charge in [-0.25, -0.2) is 0 Å². The Hall–Kier alpha value is -1.88. The minimum atomic E-state index is -4.36. The van der Waals surface area contributed by atoms with Crippen LogP contribution in [-0.2, 0) is 12.6 Å². The predicted octanol–water partition coefficient (Wildman–Crippen LogP) is 6.46. The zero-order valence-corrected chi connectivity index (χ0v) is 16.0. The monoisotopic (exact) mass is 364 g/mol. The highest BCUT2D eigenvalue weighted by Crippen LogP contribution is 2.33. The third kappa shape index (κ3) is 5.05. The van der Waals surface area contributed by atoms with E-state index >= 15 is 0 Å². The summed E-state index contributed by atoms with van der Waals surface area (Å²) in [5.41, 5.74) is 2.26. The Morgan fingerprint density at radius 2 is 1.60 bits per heavy atom. The van der Waals surface area contributed by atoms with Crippen molar-refractivity contribution >= 4 is 13.9 Å². The number of alkyl halides is 3. The molecule has 0 spiro atoms. The van der Waals surface area contributed by atoms with Gasteiger partial charge in [0.1, 0.15) is 0 Å². The zero-order chi connectivity index (χ0) is 18.8. The van der Waals surface area contributed by atoms with Crippen LogP contribution in [0.2, 0.25) is 25.7 Å². The molecule has 0 aliphatic rings. The topological polar surface area (TPSA) is 17.1 Å². The number of hydrogen-bond donors (Lipinski definition) is 0. The molecular weight excluding hydrogens is 341 g/mol. The van der Waals surface area contributed by atoms with E-state index in [0.717, 1.165) is 30.2 Å². The lowest BCUT2D eigenvalue weighted by atomic mass is 9.91. The number of carbonyl (C=O) groups is 1. The summed E-state index contributed by atoms with van der Waals surface area (Å²) in [6.45, 7) is 8.35. The summed E-state index contributed by atoms with van der Waals surface area (Å²) in [5, 5.41) is 0. The van der Waals surface area contributed by atoms with Gasteiger partial charge < -0.3 is 0 Å². The summed E-state index contributed by atoms with van der Waals surface area (Å²) in [6.07, 6.45) is -3.54. The van der Waals surface area contributed by atoms with Gasteiger partial charge in [-0.3, -0.25) is 4.79 Å². The molecule has 2 rings (SSSR count). The SMILES string of the molecule is CC(=O)c1c(CC[Si](C)(C)C)cccc1-c1ccc(C(F)(F)F)cc1. The number of carbonyl (C=O) groups excluding carboxylic acids is 1. The molecule has 0 heterocycles. The van der Waals surface area contributed by atoms with E-state index in [1.165, 1.54) is 19.1 Å². The summed E-state index contributed by atoms with van der Waals surface area (Å²) < 4.78 is 38.3. The lowest BCUT2D eigenvalue weighted by Crippen LogP contribution is -2.20. The first-order chi connectivity index (χ1) is 11.5. The summed E-state index contributed by atoms with van der Waals surface area (Å²) in [4.78, 5) is 12.2. The molecule has 2 aromatic carbocycles. The van der Waals surface area contributed by atoms with Crippen LogP contribution in [0, 0.1) is 0 Å². The van der Waals surface area contributed by atoms with Crippen LogP contribution in [0.25, 0.3) is 11.1 Å². The Bertz CT molecular complexity index is 756. The van der Waals surface area contributed by atoms with Gasteiger partial charge in [0, 0.05) is 13.6 Å². The average Bonchev–Trinajstić information content (AvgIpc) is 2.51. The molecule has 0 atom stereocenters. The van der Waals surface area contributed by atoms with Gasteiger partial charge in [0.15, 0.2) is 5.78 Å². The fourth-order valence-corrected chi connectivity index (χ4v) is 3.83. The van der Waals surface area contributed by atoms with Crippen LogP contribution in [-0.4, -0.2) is 13.9 Å². The molecule has 0 radical (unpaired) electrons. The third-order valence-corrected chi connectivity index (χ3v) is 5.92. The highest BCUT2D eigenvalue weighted by Gasteiger charge is 2.30. The van der Waals surface area contributed by atoms with Crippen molar-refractivity contribution in [3.63, 3.8) is 0 Å². The van der Waals surface area contributed by atoms with Gasteiger partial charge in [-0.15, -0.1) is 0 Å². The molecule has 1 nitrogen and oxygen atoms in total. The second kappa shape index (κ2) is 7.16. The average molecular weight is 364 g/mol. The van der Waals surface area contributed by atoms with Gasteiger partial charge in [0.25, 0.3) is 0 Å². The maximum atomic E-state index is 12.8. The summed E-state index contributed by atoms with van der Waals surface area (Å²) in [7, 11) is -1.26. The lowest BCUT2D eigenvalue weighted by molar-refractivity contribution is -0.137. The molecule has 0 fully saturated rings. The number of halogens is 3. The minimum Gasteiger partial charge on any atom is -0.294 e. The maximum Gasteiger partial charge on any atom is 0.416 e. The van der Waals surface area contributed by atoms with Crippen molar-refractivity contribution in [2.24, 2.45) is 0 Å². The summed E-state index contributed by atoms with van der Waals surface area (Å²) >= 11 is 0. The Labute approximate surface area is 147 Å². The molecule has 134 valence electrons. The van der Waals surface area contributed by atoms with Gasteiger partial charge >= 0.3 is 6.18 Å². The number of aryl methyl sites for hydroxylation is 1. The molecule has 0 aliphatic carbocycles. The second-order valence-corrected chi connectivity index (χ2v) is 13.2. The van der Waals surface area contributed by atoms with E-state index in [9.17, 15) is 18.0 Å². The molecule has 0 bridgehead atoms. The molecule has 0 amide bonds. The third-order valence-electron chi connectivity index (χ3n) is 4.17. The zero-order valence-electron chi connectivity index (χ0n) is 15.0. The highest BCUT2D eigenvalue weighted by molar-refractivity contribution is 6.76. The van der Waals surface area contributed by atoms with E-state index < -0.39 is 19.8 Å². The largest absolute Gasteiger partial charge is 0.416 e. The van der Waals surface area contributed by atoms with Crippen LogP contribution in [0.1, 0.15) is 28.4 Å². The van der Waals surface area contributed by atoms with Gasteiger partial charge in [-0.05, 0) is 42.2 Å². The normalized spacial score (nSPS) is 12.3. The first-order valence-electron chi connectivity index (χ1n) is 8.29. The van der Waals surface area contributed by atoms with Crippen molar-refractivity contribution < 1.29 is 18.0 Å². The molecular formula is C20H23F3OSi. The number of benzene rings is 2. The van der Waals surface area contributed by atoms with Gasteiger partial charge in [0.2, 0.25) is 0 Å². The number of rotatable bonds is 5. The molecule has 0 N–H and O–H groups in total. The van der Waals surface area contributed by atoms with Crippen LogP contribution in [0.4, 0.5) is 13.2 Å². The first-order valence-corrected chi connectivity index (χ1v) is 12.0. The first kappa shape index (κ1) is 19.4. The standard InChI is InChI=1S/C20H23F3OSi/c1-14(24)19-16(12-13-25(2,3)4)6-5-7-18(19)15-8-10-17(11-9-15)20(21,22)23/h5-11H,12-13H2,1-4H3. The van der Waals surface area contributed by atoms with Gasteiger partial charge in [-0.1, -0.05) is 56.0 Å². The Kier molecular flexibility index (Phi) is 5.57. The van der Waals surface area contributed by atoms with Crippen LogP contribution in [0.15, 0.2) is 42.5 Å². The van der Waals surface area contributed by atoms with E-state index in [-0.39, 0.29) is 5.78 Å². The fraction of sp³-hybridized carbons (Fsp3) is 0.350. The molecule has 0 saturated heterocycles. The van der Waals surface area contributed by atoms with E-state index in [2.05, 4.69) is 19.6 Å². The maximum absolute atomic E-state index is 12.8. The van der Waals surface area contributed by atoms with E-state index in [4.69, 9.17) is 0 Å². The van der Waals surface area contributed by atoms with Crippen LogP contribution < -0.4 is 0 Å². The van der Waals surface area contributed by atoms with Crippen LogP contribution in [0.3, 0.4) is 0 Å². The van der Waals surface area contributed by atoms with E-state index in [1.54, 1.807) is 6.07 Å². The van der Waals surface area contributed by atoms with Crippen LogP contribution >= 0.6 is 0 Å². The van der Waals surface area contributed by atoms with Crippen molar-refractivity contribution in [2.45, 2.75) is 45.2 Å².